The monoisotopic (exact) mass is 321 g/mol. The summed E-state index contributed by atoms with van der Waals surface area (Å²) in [6.45, 7) is 2.09. The topological polar surface area (TPSA) is 84.9 Å². The Balaban J connectivity index is 1.78. The van der Waals surface area contributed by atoms with Gasteiger partial charge >= 0.3 is 5.97 Å². The number of amides is 1. The van der Waals surface area contributed by atoms with Gasteiger partial charge in [0.1, 0.15) is 6.61 Å². The molecule has 0 saturated heterocycles. The van der Waals surface area contributed by atoms with Gasteiger partial charge < -0.3 is 19.9 Å². The van der Waals surface area contributed by atoms with Gasteiger partial charge in [-0.05, 0) is 31.2 Å². The molecule has 0 spiro atoms. The van der Waals surface area contributed by atoms with Gasteiger partial charge in [-0.25, -0.2) is 4.79 Å². The molecule has 1 amide bonds. The molecule has 0 heterocycles. The summed E-state index contributed by atoms with van der Waals surface area (Å²) in [7, 11) is 0. The van der Waals surface area contributed by atoms with Gasteiger partial charge in [0.25, 0.3) is 0 Å². The van der Waals surface area contributed by atoms with Crippen molar-refractivity contribution in [3.63, 3.8) is 0 Å². The number of hydrogen-bond donors (Lipinski definition) is 2. The first-order chi connectivity index (χ1) is 11.1. The lowest BCUT2D eigenvalue weighted by Crippen LogP contribution is -2.49. The van der Waals surface area contributed by atoms with Gasteiger partial charge in [-0.15, -0.1) is 0 Å². The first-order valence-corrected chi connectivity index (χ1v) is 7.87. The predicted molar refractivity (Wildman–Crippen MR) is 83.4 cm³/mol. The number of carbonyl (C=O) groups excluding carboxylic acids is 2. The summed E-state index contributed by atoms with van der Waals surface area (Å²) in [6, 6.07) is 8.93. The van der Waals surface area contributed by atoms with E-state index in [1.54, 1.807) is 6.92 Å². The Morgan fingerprint density at radius 3 is 2.61 bits per heavy atom. The standard InChI is InChI=1S/C17H23NO5/c1-2-23-17(21)16(20)15(13-8-9-13)18-14(19)11-22-10-12-6-4-3-5-7-12/h3-7,13,15-16,20H,2,8-11H2,1H3,(H,18,19)/t15-,16-/m0/s1. The number of aliphatic hydroxyl groups is 1. The van der Waals surface area contributed by atoms with Gasteiger partial charge in [-0.1, -0.05) is 30.3 Å². The van der Waals surface area contributed by atoms with Crippen LogP contribution in [0, 0.1) is 5.92 Å². The Labute approximate surface area is 135 Å². The third kappa shape index (κ3) is 5.65. The summed E-state index contributed by atoms with van der Waals surface area (Å²) in [4.78, 5) is 23.6. The van der Waals surface area contributed by atoms with Gasteiger partial charge in [-0.3, -0.25) is 4.79 Å². The fourth-order valence-electron chi connectivity index (χ4n) is 2.35. The molecule has 0 radical (unpaired) electrons. The minimum atomic E-state index is -1.33. The van der Waals surface area contributed by atoms with E-state index in [9.17, 15) is 14.7 Å². The average molecular weight is 321 g/mol. The Hall–Kier alpha value is -1.92. The third-order valence-electron chi connectivity index (χ3n) is 3.67. The molecule has 2 rings (SSSR count). The maximum Gasteiger partial charge on any atom is 0.337 e. The molecule has 1 fully saturated rings. The molecule has 0 aliphatic heterocycles. The van der Waals surface area contributed by atoms with Crippen LogP contribution in [0.25, 0.3) is 0 Å². The van der Waals surface area contributed by atoms with E-state index in [0.717, 1.165) is 18.4 Å². The highest BCUT2D eigenvalue weighted by atomic mass is 16.5. The van der Waals surface area contributed by atoms with Crippen molar-refractivity contribution in [1.29, 1.82) is 0 Å². The lowest BCUT2D eigenvalue weighted by atomic mass is 10.1. The van der Waals surface area contributed by atoms with Crippen LogP contribution in [0.5, 0.6) is 0 Å². The zero-order chi connectivity index (χ0) is 16.7. The predicted octanol–water partition coefficient (Wildman–Crippen LogP) is 1.02. The van der Waals surface area contributed by atoms with E-state index in [1.165, 1.54) is 0 Å². The molecule has 1 aromatic carbocycles. The van der Waals surface area contributed by atoms with E-state index in [4.69, 9.17) is 9.47 Å². The van der Waals surface area contributed by atoms with Crippen molar-refractivity contribution in [1.82, 2.24) is 5.32 Å². The number of benzene rings is 1. The second-order valence-electron chi connectivity index (χ2n) is 5.61. The highest BCUT2D eigenvalue weighted by Gasteiger charge is 2.40. The van der Waals surface area contributed by atoms with E-state index >= 15 is 0 Å². The molecule has 23 heavy (non-hydrogen) atoms. The summed E-state index contributed by atoms with van der Waals surface area (Å²) in [5.41, 5.74) is 0.977. The van der Waals surface area contributed by atoms with Crippen LogP contribution in [0.4, 0.5) is 0 Å². The summed E-state index contributed by atoms with van der Waals surface area (Å²) >= 11 is 0. The lowest BCUT2D eigenvalue weighted by Gasteiger charge is -2.22. The zero-order valence-electron chi connectivity index (χ0n) is 13.2. The van der Waals surface area contributed by atoms with Gasteiger partial charge in [0.15, 0.2) is 6.10 Å². The summed E-state index contributed by atoms with van der Waals surface area (Å²) in [6.07, 6.45) is 0.430. The number of hydrogen-bond acceptors (Lipinski definition) is 5. The average Bonchev–Trinajstić information content (AvgIpc) is 3.38. The molecule has 0 unspecified atom stereocenters. The smallest absolute Gasteiger partial charge is 0.337 e. The first kappa shape index (κ1) is 17.4. The molecule has 1 aliphatic carbocycles. The molecule has 1 aliphatic rings. The summed E-state index contributed by atoms with van der Waals surface area (Å²) in [5, 5.41) is 12.7. The molecule has 6 nitrogen and oxygen atoms in total. The van der Waals surface area contributed by atoms with E-state index in [0.29, 0.717) is 6.61 Å². The Bertz CT molecular complexity index is 515. The number of aliphatic hydroxyl groups excluding tert-OH is 1. The van der Waals surface area contributed by atoms with Gasteiger partial charge in [0.2, 0.25) is 5.91 Å². The Kier molecular flexibility index (Phi) is 6.55. The largest absolute Gasteiger partial charge is 0.464 e. The zero-order valence-corrected chi connectivity index (χ0v) is 13.2. The van der Waals surface area contributed by atoms with Gasteiger partial charge in [0, 0.05) is 0 Å². The van der Waals surface area contributed by atoms with Crippen LogP contribution in [0.15, 0.2) is 30.3 Å². The Morgan fingerprint density at radius 2 is 2.00 bits per heavy atom. The number of esters is 1. The molecule has 2 N–H and O–H groups in total. The van der Waals surface area contributed by atoms with Crippen molar-refractivity contribution in [3.05, 3.63) is 35.9 Å². The van der Waals surface area contributed by atoms with E-state index in [2.05, 4.69) is 5.32 Å². The van der Waals surface area contributed by atoms with Gasteiger partial charge in [-0.2, -0.15) is 0 Å². The van der Waals surface area contributed by atoms with Crippen molar-refractivity contribution in [2.24, 2.45) is 5.92 Å². The van der Waals surface area contributed by atoms with Crippen molar-refractivity contribution in [2.75, 3.05) is 13.2 Å². The minimum absolute atomic E-state index is 0.117. The van der Waals surface area contributed by atoms with Crippen LogP contribution in [-0.2, 0) is 25.7 Å². The molecule has 0 aromatic heterocycles. The van der Waals surface area contributed by atoms with Crippen LogP contribution >= 0.6 is 0 Å². The Morgan fingerprint density at radius 1 is 1.30 bits per heavy atom. The quantitative estimate of drug-likeness (QED) is 0.663. The SMILES string of the molecule is CCOC(=O)[C@@H](O)[C@@H](NC(=O)COCc1ccccc1)C1CC1. The maximum absolute atomic E-state index is 12.0. The molecular formula is C17H23NO5. The fraction of sp³-hybridized carbons (Fsp3) is 0.529. The van der Waals surface area contributed by atoms with Crippen molar-refractivity contribution in [3.8, 4) is 0 Å². The second-order valence-corrected chi connectivity index (χ2v) is 5.61. The van der Waals surface area contributed by atoms with Gasteiger partial charge in [0.05, 0.1) is 19.3 Å². The maximum atomic E-state index is 12.0. The highest BCUT2D eigenvalue weighted by Crippen LogP contribution is 2.34. The van der Waals surface area contributed by atoms with Crippen LogP contribution in [0.2, 0.25) is 0 Å². The van der Waals surface area contributed by atoms with Crippen LogP contribution < -0.4 is 5.32 Å². The van der Waals surface area contributed by atoms with E-state index in [-0.39, 0.29) is 25.0 Å². The first-order valence-electron chi connectivity index (χ1n) is 7.87. The van der Waals surface area contributed by atoms with E-state index in [1.807, 2.05) is 30.3 Å². The molecular weight excluding hydrogens is 298 g/mol. The highest BCUT2D eigenvalue weighted by molar-refractivity contribution is 5.80. The fourth-order valence-corrected chi connectivity index (χ4v) is 2.35. The number of ether oxygens (including phenoxy) is 2. The third-order valence-corrected chi connectivity index (χ3v) is 3.67. The van der Waals surface area contributed by atoms with E-state index < -0.39 is 18.1 Å². The second kappa shape index (κ2) is 8.64. The molecule has 126 valence electrons. The molecule has 2 atom stereocenters. The van der Waals surface area contributed by atoms with Crippen molar-refractivity contribution >= 4 is 11.9 Å². The number of carbonyl (C=O) groups is 2. The molecule has 1 saturated carbocycles. The summed E-state index contributed by atoms with van der Waals surface area (Å²) in [5.74, 6) is -0.927. The minimum Gasteiger partial charge on any atom is -0.464 e. The van der Waals surface area contributed by atoms with Crippen LogP contribution in [-0.4, -0.2) is 42.3 Å². The molecule has 6 heteroatoms. The number of rotatable bonds is 9. The van der Waals surface area contributed by atoms with Crippen LogP contribution in [0.3, 0.4) is 0 Å². The molecule has 1 aromatic rings. The van der Waals surface area contributed by atoms with Crippen molar-refractivity contribution < 1.29 is 24.2 Å². The summed E-state index contributed by atoms with van der Waals surface area (Å²) < 4.78 is 10.2. The molecule has 0 bridgehead atoms. The van der Waals surface area contributed by atoms with Crippen LogP contribution in [0.1, 0.15) is 25.3 Å². The lowest BCUT2D eigenvalue weighted by molar-refractivity contribution is -0.155. The van der Waals surface area contributed by atoms with Crippen molar-refractivity contribution in [2.45, 2.75) is 38.5 Å². The normalized spacial score (nSPS) is 16.4. The number of nitrogens with one attached hydrogen (secondary N) is 1.